The van der Waals surface area contributed by atoms with Crippen molar-refractivity contribution in [2.45, 2.75) is 125 Å². The van der Waals surface area contributed by atoms with Gasteiger partial charge in [-0.25, -0.2) is 4.79 Å². The molecule has 3 N–H and O–H groups in total. The van der Waals surface area contributed by atoms with E-state index in [2.05, 4.69) is 24.5 Å². The van der Waals surface area contributed by atoms with Crippen LogP contribution in [0.2, 0.25) is 0 Å². The smallest absolute Gasteiger partial charge is 0.408 e. The molecule has 8 nitrogen and oxygen atoms in total. The molecule has 216 valence electrons. The summed E-state index contributed by atoms with van der Waals surface area (Å²) in [5.74, 6) is -0.318. The van der Waals surface area contributed by atoms with Crippen molar-refractivity contribution in [2.24, 2.45) is 11.8 Å². The number of rotatable bonds is 12. The lowest BCUT2D eigenvalue weighted by Crippen LogP contribution is -2.57. The minimum absolute atomic E-state index is 0.117. The zero-order valence-electron chi connectivity index (χ0n) is 25.3. The fourth-order valence-corrected chi connectivity index (χ4v) is 4.24. The van der Waals surface area contributed by atoms with E-state index in [-0.39, 0.29) is 35.6 Å². The van der Waals surface area contributed by atoms with Crippen LogP contribution >= 0.6 is 0 Å². The number of hydrogen-bond donors (Lipinski definition) is 3. The van der Waals surface area contributed by atoms with E-state index < -0.39 is 23.8 Å². The molecule has 4 atom stereocenters. The Balaban J connectivity index is 3.69. The number of amides is 3. The van der Waals surface area contributed by atoms with Crippen LogP contribution in [0.3, 0.4) is 0 Å². The molecule has 0 fully saturated rings. The number of phenolic OH excluding ortho intramolecular Hbond substituents is 1. The molecule has 0 aliphatic heterocycles. The summed E-state index contributed by atoms with van der Waals surface area (Å²) in [6.07, 6.45) is 1.52. The minimum Gasteiger partial charge on any atom is -0.508 e. The Hall–Kier alpha value is -2.77. The topological polar surface area (TPSA) is 108 Å². The van der Waals surface area contributed by atoms with Crippen LogP contribution in [0.5, 0.6) is 5.75 Å². The van der Waals surface area contributed by atoms with Gasteiger partial charge in [-0.2, -0.15) is 0 Å². The summed E-state index contributed by atoms with van der Waals surface area (Å²) in [6, 6.07) is 2.71. The Labute approximate surface area is 229 Å². The van der Waals surface area contributed by atoms with Gasteiger partial charge in [-0.15, -0.1) is 0 Å². The van der Waals surface area contributed by atoms with Crippen molar-refractivity contribution in [1.82, 2.24) is 15.5 Å². The molecule has 0 radical (unpaired) electrons. The predicted molar refractivity (Wildman–Crippen MR) is 152 cm³/mol. The van der Waals surface area contributed by atoms with Gasteiger partial charge in [-0.1, -0.05) is 40.2 Å². The first-order chi connectivity index (χ1) is 17.5. The van der Waals surface area contributed by atoms with Crippen molar-refractivity contribution in [3.63, 3.8) is 0 Å². The fourth-order valence-electron chi connectivity index (χ4n) is 4.24. The highest BCUT2D eigenvalue weighted by molar-refractivity contribution is 5.92. The number of carbonyl (C=O) groups excluding carboxylic acids is 3. The molecule has 0 saturated heterocycles. The Morgan fingerprint density at radius 1 is 1.00 bits per heavy atom. The van der Waals surface area contributed by atoms with Crippen LogP contribution in [0.15, 0.2) is 18.2 Å². The summed E-state index contributed by atoms with van der Waals surface area (Å²) in [5.41, 5.74) is 0.487. The maximum atomic E-state index is 14.4. The van der Waals surface area contributed by atoms with E-state index in [0.717, 1.165) is 6.42 Å². The average Bonchev–Trinajstić information content (AvgIpc) is 2.78. The van der Waals surface area contributed by atoms with E-state index in [0.29, 0.717) is 29.9 Å². The van der Waals surface area contributed by atoms with Crippen LogP contribution in [-0.2, 0) is 14.3 Å². The van der Waals surface area contributed by atoms with E-state index in [9.17, 15) is 19.5 Å². The molecule has 3 amide bonds. The molecule has 1 rings (SSSR count). The first kappa shape index (κ1) is 33.3. The van der Waals surface area contributed by atoms with E-state index in [1.165, 1.54) is 0 Å². The monoisotopic (exact) mass is 533 g/mol. The van der Waals surface area contributed by atoms with E-state index in [1.807, 2.05) is 34.6 Å². The third kappa shape index (κ3) is 10.2. The van der Waals surface area contributed by atoms with Crippen LogP contribution < -0.4 is 10.6 Å². The molecule has 4 unspecified atom stereocenters. The largest absolute Gasteiger partial charge is 0.508 e. The molecule has 0 aliphatic rings. The van der Waals surface area contributed by atoms with Crippen molar-refractivity contribution < 1.29 is 24.2 Å². The van der Waals surface area contributed by atoms with E-state index >= 15 is 0 Å². The number of alkyl carbamates (subject to hydrolysis) is 1. The number of phenols is 1. The Bertz CT molecular complexity index is 938. The molecule has 0 aliphatic carbocycles. The number of carbonyl (C=O) groups is 3. The molecule has 0 aromatic heterocycles. The molecule has 0 bridgehead atoms. The van der Waals surface area contributed by atoms with Gasteiger partial charge in [-0.3, -0.25) is 9.59 Å². The molecular weight excluding hydrogens is 482 g/mol. The van der Waals surface area contributed by atoms with Gasteiger partial charge in [0, 0.05) is 12.1 Å². The highest BCUT2D eigenvalue weighted by Crippen LogP contribution is 2.31. The highest BCUT2D eigenvalue weighted by atomic mass is 16.6. The molecule has 8 heteroatoms. The van der Waals surface area contributed by atoms with Crippen molar-refractivity contribution in [3.05, 3.63) is 29.3 Å². The van der Waals surface area contributed by atoms with Gasteiger partial charge in [0.1, 0.15) is 23.4 Å². The molecule has 0 saturated carbocycles. The van der Waals surface area contributed by atoms with Gasteiger partial charge in [0.05, 0.1) is 0 Å². The number of aryl methyl sites for hydroxylation is 1. The van der Waals surface area contributed by atoms with Crippen LogP contribution in [0.1, 0.15) is 106 Å². The Morgan fingerprint density at radius 2 is 1.61 bits per heavy atom. The average molecular weight is 534 g/mol. The van der Waals surface area contributed by atoms with Gasteiger partial charge in [-0.05, 0) is 96.4 Å². The molecule has 38 heavy (non-hydrogen) atoms. The highest BCUT2D eigenvalue weighted by Gasteiger charge is 2.40. The lowest BCUT2D eigenvalue weighted by atomic mass is 9.92. The number of benzene rings is 1. The van der Waals surface area contributed by atoms with Gasteiger partial charge in [0.15, 0.2) is 0 Å². The Kier molecular flexibility index (Phi) is 12.6. The third-order valence-corrected chi connectivity index (χ3v) is 6.54. The number of aromatic hydroxyl groups is 1. The summed E-state index contributed by atoms with van der Waals surface area (Å²) >= 11 is 0. The second-order valence-electron chi connectivity index (χ2n) is 12.2. The van der Waals surface area contributed by atoms with Crippen LogP contribution in [0.25, 0.3) is 0 Å². The maximum Gasteiger partial charge on any atom is 0.408 e. The lowest BCUT2D eigenvalue weighted by molar-refractivity contribution is -0.146. The van der Waals surface area contributed by atoms with Crippen LogP contribution in [0.4, 0.5) is 4.79 Å². The quantitative estimate of drug-likeness (QED) is 0.312. The Morgan fingerprint density at radius 3 is 2.08 bits per heavy atom. The van der Waals surface area contributed by atoms with Crippen molar-refractivity contribution in [2.75, 3.05) is 0 Å². The second-order valence-corrected chi connectivity index (χ2v) is 12.2. The van der Waals surface area contributed by atoms with Gasteiger partial charge >= 0.3 is 6.09 Å². The zero-order chi connectivity index (χ0) is 29.4. The summed E-state index contributed by atoms with van der Waals surface area (Å²) in [4.78, 5) is 42.6. The molecule has 0 heterocycles. The van der Waals surface area contributed by atoms with Gasteiger partial charge in [0.2, 0.25) is 11.8 Å². The first-order valence-electron chi connectivity index (χ1n) is 13.9. The SMILES string of the molecule is CCC(C)C(NC(=O)OC(C)(C)C)C(=O)N(C(C)CCC(C)C)C(C(=O)NC(C)C)c1ccc(O)c(C)c1. The molecule has 1 aromatic rings. The number of ether oxygens (including phenoxy) is 1. The fraction of sp³-hybridized carbons (Fsp3) is 0.700. The first-order valence-corrected chi connectivity index (χ1v) is 13.9. The molecule has 0 spiro atoms. The summed E-state index contributed by atoms with van der Waals surface area (Å²) < 4.78 is 5.48. The standard InChI is InChI=1S/C30H51N3O5/c1-12-20(6)25(32-29(37)38-30(9,10)11)28(36)33(22(8)14-13-18(2)3)26(27(35)31-19(4)5)23-15-16-24(34)21(7)17-23/h15-20,22,25-26,34H,12-14H2,1-11H3,(H,31,35)(H,32,37). The van der Waals surface area contributed by atoms with E-state index in [4.69, 9.17) is 4.74 Å². The van der Waals surface area contributed by atoms with Crippen molar-refractivity contribution in [1.29, 1.82) is 0 Å². The normalized spacial score (nSPS) is 15.0. The number of nitrogens with zero attached hydrogens (tertiary/aromatic N) is 1. The van der Waals surface area contributed by atoms with Gasteiger partial charge < -0.3 is 25.4 Å². The maximum absolute atomic E-state index is 14.4. The van der Waals surface area contributed by atoms with Crippen molar-refractivity contribution in [3.8, 4) is 5.75 Å². The van der Waals surface area contributed by atoms with Gasteiger partial charge in [0.25, 0.3) is 0 Å². The number of hydrogen-bond acceptors (Lipinski definition) is 5. The summed E-state index contributed by atoms with van der Waals surface area (Å²) in [7, 11) is 0. The summed E-state index contributed by atoms with van der Waals surface area (Å²) in [6.45, 7) is 20.9. The predicted octanol–water partition coefficient (Wildman–Crippen LogP) is 5.86. The van der Waals surface area contributed by atoms with E-state index in [1.54, 1.807) is 50.8 Å². The third-order valence-electron chi connectivity index (χ3n) is 6.54. The van der Waals surface area contributed by atoms with Crippen LogP contribution in [0, 0.1) is 18.8 Å². The van der Waals surface area contributed by atoms with Crippen LogP contribution in [-0.4, -0.2) is 51.6 Å². The molecular formula is C30H51N3O5. The summed E-state index contributed by atoms with van der Waals surface area (Å²) in [5, 5.41) is 15.9. The molecule has 1 aromatic carbocycles. The zero-order valence-corrected chi connectivity index (χ0v) is 25.3. The second kappa shape index (κ2) is 14.4. The number of nitrogens with one attached hydrogen (secondary N) is 2. The lowest BCUT2D eigenvalue weighted by Gasteiger charge is -2.40. The van der Waals surface area contributed by atoms with Crippen molar-refractivity contribution >= 4 is 17.9 Å². The minimum atomic E-state index is -0.946.